The SMILES string of the molecule is CCNS(=O)(=O)C1CCCCC1. The Balaban J connectivity index is 2.54. The minimum absolute atomic E-state index is 0.119. The van der Waals surface area contributed by atoms with Crippen molar-refractivity contribution in [2.24, 2.45) is 0 Å². The van der Waals surface area contributed by atoms with Crippen LogP contribution < -0.4 is 4.72 Å². The van der Waals surface area contributed by atoms with Gasteiger partial charge in [0.1, 0.15) is 0 Å². The maximum Gasteiger partial charge on any atom is 0.214 e. The van der Waals surface area contributed by atoms with E-state index in [0.717, 1.165) is 25.7 Å². The molecule has 0 saturated heterocycles. The number of hydrogen-bond acceptors (Lipinski definition) is 2. The topological polar surface area (TPSA) is 46.2 Å². The lowest BCUT2D eigenvalue weighted by Gasteiger charge is -2.21. The van der Waals surface area contributed by atoms with Crippen molar-refractivity contribution in [3.05, 3.63) is 0 Å². The molecule has 1 fully saturated rings. The zero-order valence-corrected chi connectivity index (χ0v) is 8.36. The molecule has 0 atom stereocenters. The first-order chi connectivity index (χ1) is 5.67. The second-order valence-corrected chi connectivity index (χ2v) is 5.35. The maximum absolute atomic E-state index is 11.5. The first-order valence-electron chi connectivity index (χ1n) is 4.65. The fourth-order valence-corrected chi connectivity index (χ4v) is 3.29. The minimum Gasteiger partial charge on any atom is -0.215 e. The van der Waals surface area contributed by atoms with Gasteiger partial charge in [0, 0.05) is 6.54 Å². The van der Waals surface area contributed by atoms with E-state index < -0.39 is 10.0 Å². The van der Waals surface area contributed by atoms with Gasteiger partial charge in [0.25, 0.3) is 0 Å². The molecule has 3 nitrogen and oxygen atoms in total. The van der Waals surface area contributed by atoms with Gasteiger partial charge in [0.2, 0.25) is 10.0 Å². The molecule has 0 bridgehead atoms. The lowest BCUT2D eigenvalue weighted by Crippen LogP contribution is -2.35. The molecule has 1 rings (SSSR count). The summed E-state index contributed by atoms with van der Waals surface area (Å²) in [6, 6.07) is 0. The molecule has 0 aliphatic heterocycles. The van der Waals surface area contributed by atoms with E-state index >= 15 is 0 Å². The van der Waals surface area contributed by atoms with Crippen LogP contribution in [0.25, 0.3) is 0 Å². The Labute approximate surface area is 74.6 Å². The fourth-order valence-electron chi connectivity index (χ4n) is 1.69. The summed E-state index contributed by atoms with van der Waals surface area (Å²) >= 11 is 0. The molecule has 0 unspecified atom stereocenters. The van der Waals surface area contributed by atoms with Gasteiger partial charge in [0.05, 0.1) is 5.25 Å². The van der Waals surface area contributed by atoms with Crippen molar-refractivity contribution in [3.8, 4) is 0 Å². The van der Waals surface area contributed by atoms with Crippen LogP contribution in [-0.2, 0) is 10.0 Å². The third-order valence-electron chi connectivity index (χ3n) is 2.34. The van der Waals surface area contributed by atoms with Crippen LogP contribution in [0.1, 0.15) is 39.0 Å². The maximum atomic E-state index is 11.5. The largest absolute Gasteiger partial charge is 0.215 e. The molecule has 4 heteroatoms. The summed E-state index contributed by atoms with van der Waals surface area (Å²) in [5, 5.41) is -0.119. The highest BCUT2D eigenvalue weighted by Gasteiger charge is 2.25. The van der Waals surface area contributed by atoms with Gasteiger partial charge in [-0.05, 0) is 12.8 Å². The highest BCUT2D eigenvalue weighted by atomic mass is 32.2. The third-order valence-corrected chi connectivity index (χ3v) is 4.38. The second-order valence-electron chi connectivity index (χ2n) is 3.30. The summed E-state index contributed by atoms with van der Waals surface area (Å²) in [4.78, 5) is 0. The summed E-state index contributed by atoms with van der Waals surface area (Å²) in [5.74, 6) is 0. The van der Waals surface area contributed by atoms with Gasteiger partial charge in [-0.1, -0.05) is 26.2 Å². The molecular formula is C8H17NO2S. The first kappa shape index (κ1) is 9.99. The number of rotatable bonds is 3. The van der Waals surface area contributed by atoms with Crippen LogP contribution in [-0.4, -0.2) is 20.2 Å². The molecule has 0 aromatic rings. The van der Waals surface area contributed by atoms with Gasteiger partial charge in [-0.3, -0.25) is 0 Å². The minimum atomic E-state index is -2.98. The van der Waals surface area contributed by atoms with E-state index in [4.69, 9.17) is 0 Å². The van der Waals surface area contributed by atoms with Gasteiger partial charge < -0.3 is 0 Å². The molecule has 1 saturated carbocycles. The molecule has 1 aliphatic carbocycles. The molecule has 12 heavy (non-hydrogen) atoms. The monoisotopic (exact) mass is 191 g/mol. The first-order valence-corrected chi connectivity index (χ1v) is 6.20. The Morgan fingerprint density at radius 3 is 2.33 bits per heavy atom. The quantitative estimate of drug-likeness (QED) is 0.730. The van der Waals surface area contributed by atoms with E-state index in [1.54, 1.807) is 0 Å². The normalized spacial score (nSPS) is 21.1. The molecular weight excluding hydrogens is 174 g/mol. The molecule has 0 spiro atoms. The van der Waals surface area contributed by atoms with E-state index in [0.29, 0.717) is 6.54 Å². The number of hydrogen-bond donors (Lipinski definition) is 1. The molecule has 0 heterocycles. The highest BCUT2D eigenvalue weighted by molar-refractivity contribution is 7.90. The van der Waals surface area contributed by atoms with E-state index in [-0.39, 0.29) is 5.25 Å². The van der Waals surface area contributed by atoms with Crippen LogP contribution in [0.4, 0.5) is 0 Å². The van der Waals surface area contributed by atoms with E-state index in [1.165, 1.54) is 6.42 Å². The van der Waals surface area contributed by atoms with Gasteiger partial charge in [0.15, 0.2) is 0 Å². The van der Waals surface area contributed by atoms with Crippen LogP contribution >= 0.6 is 0 Å². The smallest absolute Gasteiger partial charge is 0.214 e. The van der Waals surface area contributed by atoms with E-state index in [9.17, 15) is 8.42 Å². The van der Waals surface area contributed by atoms with E-state index in [1.807, 2.05) is 6.92 Å². The predicted octanol–water partition coefficient (Wildman–Crippen LogP) is 1.26. The summed E-state index contributed by atoms with van der Waals surface area (Å²) < 4.78 is 25.5. The van der Waals surface area contributed by atoms with Crippen molar-refractivity contribution >= 4 is 10.0 Å². The standard InChI is InChI=1S/C8H17NO2S/c1-2-9-12(10,11)8-6-4-3-5-7-8/h8-9H,2-7H2,1H3. The van der Waals surface area contributed by atoms with Crippen LogP contribution in [0.5, 0.6) is 0 Å². The van der Waals surface area contributed by atoms with Crippen LogP contribution in [0, 0.1) is 0 Å². The number of nitrogens with one attached hydrogen (secondary N) is 1. The molecule has 72 valence electrons. The van der Waals surface area contributed by atoms with Crippen molar-refractivity contribution in [2.75, 3.05) is 6.54 Å². The van der Waals surface area contributed by atoms with Crippen molar-refractivity contribution in [1.29, 1.82) is 0 Å². The van der Waals surface area contributed by atoms with Crippen molar-refractivity contribution in [2.45, 2.75) is 44.3 Å². The third kappa shape index (κ3) is 2.45. The van der Waals surface area contributed by atoms with Crippen molar-refractivity contribution < 1.29 is 8.42 Å². The van der Waals surface area contributed by atoms with E-state index in [2.05, 4.69) is 4.72 Å². The summed E-state index contributed by atoms with van der Waals surface area (Å²) in [7, 11) is -2.98. The molecule has 0 aromatic heterocycles. The molecule has 0 aromatic carbocycles. The molecule has 1 N–H and O–H groups in total. The van der Waals surface area contributed by atoms with Gasteiger partial charge in [-0.25, -0.2) is 13.1 Å². The lowest BCUT2D eigenvalue weighted by atomic mass is 10.0. The van der Waals surface area contributed by atoms with Crippen molar-refractivity contribution in [1.82, 2.24) is 4.72 Å². The summed E-state index contributed by atoms with van der Waals surface area (Å²) in [5.41, 5.74) is 0. The molecule has 0 radical (unpaired) electrons. The Kier molecular flexibility index (Phi) is 3.53. The average Bonchev–Trinajstić information content (AvgIpc) is 2.06. The highest BCUT2D eigenvalue weighted by Crippen LogP contribution is 2.22. The summed E-state index contributed by atoms with van der Waals surface area (Å²) in [6.07, 6.45) is 5.01. The predicted molar refractivity (Wildman–Crippen MR) is 49.5 cm³/mol. The van der Waals surface area contributed by atoms with Gasteiger partial charge in [-0.2, -0.15) is 0 Å². The molecule has 0 amide bonds. The fraction of sp³-hybridized carbons (Fsp3) is 1.00. The zero-order chi connectivity index (χ0) is 9.03. The van der Waals surface area contributed by atoms with Crippen LogP contribution in [0.15, 0.2) is 0 Å². The van der Waals surface area contributed by atoms with Crippen LogP contribution in [0.2, 0.25) is 0 Å². The Hall–Kier alpha value is -0.0900. The zero-order valence-electron chi connectivity index (χ0n) is 7.54. The van der Waals surface area contributed by atoms with Crippen LogP contribution in [0.3, 0.4) is 0 Å². The Morgan fingerprint density at radius 2 is 1.83 bits per heavy atom. The average molecular weight is 191 g/mol. The number of sulfonamides is 1. The Bertz CT molecular complexity index is 217. The van der Waals surface area contributed by atoms with Crippen molar-refractivity contribution in [3.63, 3.8) is 0 Å². The van der Waals surface area contributed by atoms with Gasteiger partial charge in [-0.15, -0.1) is 0 Å². The molecule has 1 aliphatic rings. The second kappa shape index (κ2) is 4.23. The summed E-state index contributed by atoms with van der Waals surface area (Å²) in [6.45, 7) is 2.33. The van der Waals surface area contributed by atoms with Gasteiger partial charge >= 0.3 is 0 Å². The lowest BCUT2D eigenvalue weighted by molar-refractivity contribution is 0.478. The Morgan fingerprint density at radius 1 is 1.25 bits per heavy atom.